The molecule has 7 nitrogen and oxygen atoms in total. The minimum absolute atomic E-state index is 0.00336. The zero-order chi connectivity index (χ0) is 14.0. The van der Waals surface area contributed by atoms with Crippen molar-refractivity contribution < 1.29 is 19.8 Å². The Hall–Kier alpha value is -1.34. The molecule has 0 aromatic heterocycles. The third kappa shape index (κ3) is 8.77. The maximum Gasteiger partial charge on any atom is 0.326 e. The molecule has 1 atom stereocenters. The standard InChI is InChI=1S/C11H23N3O4/c1-14(2)7-4-3-6-12-11(18)13-9(5-8-15)10(16)17/h9,15H,3-8H2,1-2H3,(H,16,17)(H2,12,13,18). The molecular formula is C11H23N3O4. The first kappa shape index (κ1) is 16.7. The van der Waals surface area contributed by atoms with Crippen molar-refractivity contribution in [1.82, 2.24) is 15.5 Å². The molecule has 0 spiro atoms. The monoisotopic (exact) mass is 261 g/mol. The zero-order valence-corrected chi connectivity index (χ0v) is 11.0. The van der Waals surface area contributed by atoms with Gasteiger partial charge in [-0.3, -0.25) is 0 Å². The molecule has 0 aliphatic heterocycles. The van der Waals surface area contributed by atoms with E-state index in [2.05, 4.69) is 15.5 Å². The number of rotatable bonds is 9. The Morgan fingerprint density at radius 3 is 2.44 bits per heavy atom. The molecule has 4 N–H and O–H groups in total. The normalized spacial score (nSPS) is 12.2. The molecule has 0 saturated carbocycles. The summed E-state index contributed by atoms with van der Waals surface area (Å²) < 4.78 is 0. The fourth-order valence-electron chi connectivity index (χ4n) is 1.35. The van der Waals surface area contributed by atoms with Crippen LogP contribution in [-0.4, -0.2) is 66.9 Å². The van der Waals surface area contributed by atoms with Crippen molar-refractivity contribution in [2.45, 2.75) is 25.3 Å². The number of carbonyl (C=O) groups excluding carboxylic acids is 1. The first-order valence-corrected chi connectivity index (χ1v) is 6.00. The minimum atomic E-state index is -1.15. The van der Waals surface area contributed by atoms with Gasteiger partial charge >= 0.3 is 12.0 Å². The van der Waals surface area contributed by atoms with Gasteiger partial charge in [-0.15, -0.1) is 0 Å². The van der Waals surface area contributed by atoms with Crippen molar-refractivity contribution in [2.75, 3.05) is 33.8 Å². The van der Waals surface area contributed by atoms with Gasteiger partial charge in [0.25, 0.3) is 0 Å². The van der Waals surface area contributed by atoms with Gasteiger partial charge in [-0.25, -0.2) is 9.59 Å². The summed E-state index contributed by atoms with van der Waals surface area (Å²) in [6, 6.07) is -1.56. The lowest BCUT2D eigenvalue weighted by Gasteiger charge is -2.14. The average molecular weight is 261 g/mol. The van der Waals surface area contributed by atoms with Crippen molar-refractivity contribution in [3.63, 3.8) is 0 Å². The van der Waals surface area contributed by atoms with Crippen molar-refractivity contribution >= 4 is 12.0 Å². The predicted molar refractivity (Wildman–Crippen MR) is 67.4 cm³/mol. The molecule has 18 heavy (non-hydrogen) atoms. The number of amides is 2. The van der Waals surface area contributed by atoms with Crippen LogP contribution in [0.5, 0.6) is 0 Å². The third-order valence-electron chi connectivity index (χ3n) is 2.34. The number of carboxylic acids is 1. The molecule has 106 valence electrons. The van der Waals surface area contributed by atoms with Gasteiger partial charge in [0.05, 0.1) is 0 Å². The molecule has 0 aromatic rings. The second kappa shape index (κ2) is 9.67. The number of carbonyl (C=O) groups is 2. The van der Waals surface area contributed by atoms with E-state index < -0.39 is 18.0 Å². The molecule has 7 heteroatoms. The highest BCUT2D eigenvalue weighted by Gasteiger charge is 2.18. The fraction of sp³-hybridized carbons (Fsp3) is 0.818. The van der Waals surface area contributed by atoms with E-state index in [0.29, 0.717) is 6.54 Å². The molecule has 0 fully saturated rings. The summed E-state index contributed by atoms with van der Waals surface area (Å²) >= 11 is 0. The Bertz CT molecular complexity index is 259. The van der Waals surface area contributed by atoms with Crippen LogP contribution in [0.2, 0.25) is 0 Å². The minimum Gasteiger partial charge on any atom is -0.480 e. The number of nitrogens with one attached hydrogen (secondary N) is 2. The Kier molecular flexibility index (Phi) is 8.95. The molecule has 0 aromatic carbocycles. The van der Waals surface area contributed by atoms with Gasteiger partial charge in [-0.1, -0.05) is 0 Å². The zero-order valence-electron chi connectivity index (χ0n) is 11.0. The Morgan fingerprint density at radius 2 is 1.94 bits per heavy atom. The number of hydrogen-bond donors (Lipinski definition) is 4. The van der Waals surface area contributed by atoms with Crippen LogP contribution in [0.15, 0.2) is 0 Å². The van der Waals surface area contributed by atoms with Gasteiger partial charge < -0.3 is 25.7 Å². The van der Waals surface area contributed by atoms with Gasteiger partial charge in [0.1, 0.15) is 6.04 Å². The molecule has 0 saturated heterocycles. The highest BCUT2D eigenvalue weighted by Crippen LogP contribution is 1.92. The van der Waals surface area contributed by atoms with E-state index in [1.807, 2.05) is 14.1 Å². The Morgan fingerprint density at radius 1 is 1.28 bits per heavy atom. The molecule has 0 radical (unpaired) electrons. The summed E-state index contributed by atoms with van der Waals surface area (Å²) in [5.74, 6) is -1.15. The number of aliphatic hydroxyl groups excluding tert-OH is 1. The smallest absolute Gasteiger partial charge is 0.326 e. The number of carboxylic acid groups (broad SMARTS) is 1. The van der Waals surface area contributed by atoms with E-state index in [-0.39, 0.29) is 13.0 Å². The number of nitrogens with zero attached hydrogens (tertiary/aromatic N) is 1. The van der Waals surface area contributed by atoms with Crippen LogP contribution in [0, 0.1) is 0 Å². The first-order valence-electron chi connectivity index (χ1n) is 6.00. The lowest BCUT2D eigenvalue weighted by Crippen LogP contribution is -2.46. The van der Waals surface area contributed by atoms with Crippen molar-refractivity contribution in [3.05, 3.63) is 0 Å². The van der Waals surface area contributed by atoms with Crippen LogP contribution >= 0.6 is 0 Å². The topological polar surface area (TPSA) is 102 Å². The molecule has 1 unspecified atom stereocenters. The molecule has 0 heterocycles. The average Bonchev–Trinajstić information content (AvgIpc) is 2.27. The lowest BCUT2D eigenvalue weighted by molar-refractivity contribution is -0.139. The lowest BCUT2D eigenvalue weighted by atomic mass is 10.2. The summed E-state index contributed by atoms with van der Waals surface area (Å²) in [5.41, 5.74) is 0. The van der Waals surface area contributed by atoms with Gasteiger partial charge in [0, 0.05) is 19.6 Å². The van der Waals surface area contributed by atoms with Gasteiger partial charge in [0.2, 0.25) is 0 Å². The van der Waals surface area contributed by atoms with Crippen LogP contribution in [0.25, 0.3) is 0 Å². The van der Waals surface area contributed by atoms with E-state index in [9.17, 15) is 9.59 Å². The number of hydrogen-bond acceptors (Lipinski definition) is 4. The molecule has 0 aliphatic carbocycles. The van der Waals surface area contributed by atoms with E-state index in [0.717, 1.165) is 19.4 Å². The highest BCUT2D eigenvalue weighted by molar-refractivity contribution is 5.82. The highest BCUT2D eigenvalue weighted by atomic mass is 16.4. The number of unbranched alkanes of at least 4 members (excludes halogenated alkanes) is 1. The van der Waals surface area contributed by atoms with Gasteiger partial charge in [0.15, 0.2) is 0 Å². The van der Waals surface area contributed by atoms with E-state index in [1.165, 1.54) is 0 Å². The first-order chi connectivity index (χ1) is 8.47. The molecule has 0 aliphatic rings. The SMILES string of the molecule is CN(C)CCCCNC(=O)NC(CCO)C(=O)O. The summed E-state index contributed by atoms with van der Waals surface area (Å²) in [6.45, 7) is 1.18. The summed E-state index contributed by atoms with van der Waals surface area (Å²) in [5, 5.41) is 22.3. The van der Waals surface area contributed by atoms with Crippen molar-refractivity contribution in [1.29, 1.82) is 0 Å². The summed E-state index contributed by atoms with van der Waals surface area (Å²) in [7, 11) is 3.96. The number of aliphatic carboxylic acids is 1. The van der Waals surface area contributed by atoms with Crippen LogP contribution in [-0.2, 0) is 4.79 Å². The summed E-state index contributed by atoms with van der Waals surface area (Å²) in [6.07, 6.45) is 1.80. The molecular weight excluding hydrogens is 238 g/mol. The maximum atomic E-state index is 11.4. The van der Waals surface area contributed by atoms with E-state index in [4.69, 9.17) is 10.2 Å². The van der Waals surface area contributed by atoms with Crippen LogP contribution in [0.3, 0.4) is 0 Å². The maximum absolute atomic E-state index is 11.4. The quantitative estimate of drug-likeness (QED) is 0.418. The van der Waals surface area contributed by atoms with Gasteiger partial charge in [-0.05, 0) is 33.5 Å². The Balaban J connectivity index is 3.71. The van der Waals surface area contributed by atoms with Crippen LogP contribution < -0.4 is 10.6 Å². The second-order valence-corrected chi connectivity index (χ2v) is 4.31. The van der Waals surface area contributed by atoms with Crippen molar-refractivity contribution in [2.24, 2.45) is 0 Å². The van der Waals surface area contributed by atoms with Crippen LogP contribution in [0.1, 0.15) is 19.3 Å². The van der Waals surface area contributed by atoms with Gasteiger partial charge in [-0.2, -0.15) is 0 Å². The largest absolute Gasteiger partial charge is 0.480 e. The van der Waals surface area contributed by atoms with Crippen LogP contribution in [0.4, 0.5) is 4.79 Å². The summed E-state index contributed by atoms with van der Waals surface area (Å²) in [4.78, 5) is 24.1. The Labute approximate surface area is 107 Å². The fourth-order valence-corrected chi connectivity index (χ4v) is 1.35. The third-order valence-corrected chi connectivity index (χ3v) is 2.34. The molecule has 0 rings (SSSR count). The number of urea groups is 1. The van der Waals surface area contributed by atoms with E-state index in [1.54, 1.807) is 0 Å². The molecule has 0 bridgehead atoms. The predicted octanol–water partition coefficient (Wildman–Crippen LogP) is -0.537. The number of aliphatic hydroxyl groups is 1. The van der Waals surface area contributed by atoms with Crippen molar-refractivity contribution in [3.8, 4) is 0 Å². The molecule has 2 amide bonds. The second-order valence-electron chi connectivity index (χ2n) is 4.31. The van der Waals surface area contributed by atoms with E-state index >= 15 is 0 Å².